The fraction of sp³-hybridized carbons (Fsp3) is 0.136. The molecule has 1 aliphatic heterocycles. The van der Waals surface area contributed by atoms with Crippen molar-refractivity contribution in [1.29, 1.82) is 5.26 Å². The normalized spacial score (nSPS) is 18.1. The van der Waals surface area contributed by atoms with Gasteiger partial charge in [0.25, 0.3) is 0 Å². The minimum Gasteiger partial charge on any atom is -0.484 e. The molecule has 0 aliphatic carbocycles. The summed E-state index contributed by atoms with van der Waals surface area (Å²) < 4.78 is 46.8. The maximum Gasteiger partial charge on any atom is 0.161 e. The fourth-order valence-corrected chi connectivity index (χ4v) is 3.44. The average Bonchev–Trinajstić information content (AvgIpc) is 2.70. The molecule has 0 saturated heterocycles. The first-order valence-corrected chi connectivity index (χ1v) is 8.66. The molecule has 0 spiro atoms. The predicted molar refractivity (Wildman–Crippen MR) is 98.0 cm³/mol. The highest BCUT2D eigenvalue weighted by atomic mass is 19.2. The Morgan fingerprint density at radius 2 is 1.68 bits per heavy atom. The third-order valence-corrected chi connectivity index (χ3v) is 4.83. The van der Waals surface area contributed by atoms with E-state index in [1.807, 2.05) is 18.2 Å². The lowest BCUT2D eigenvalue weighted by Gasteiger charge is -2.32. The Kier molecular flexibility index (Phi) is 4.54. The summed E-state index contributed by atoms with van der Waals surface area (Å²) in [5, 5.41) is 9.06. The van der Waals surface area contributed by atoms with Gasteiger partial charge >= 0.3 is 0 Å². The second kappa shape index (κ2) is 7.02. The van der Waals surface area contributed by atoms with E-state index in [1.54, 1.807) is 24.3 Å². The first-order valence-electron chi connectivity index (χ1n) is 8.66. The standard InChI is InChI=1S/C22H15F3N2O/c23-17-10-19(25)18(24)9-16(17)22-20(27)8-15-7-14(4-5-21(15)28-22)13-3-1-2-12(6-13)11-26/h1-7,9-10,20,22H,8,27H2/t20-,22+/m1/s1. The van der Waals surface area contributed by atoms with Gasteiger partial charge in [-0.3, -0.25) is 0 Å². The van der Waals surface area contributed by atoms with Crippen LogP contribution in [0.5, 0.6) is 5.75 Å². The lowest BCUT2D eigenvalue weighted by atomic mass is 9.91. The van der Waals surface area contributed by atoms with Crippen LogP contribution in [-0.4, -0.2) is 6.04 Å². The number of nitrogens with zero attached hydrogens (tertiary/aromatic N) is 1. The van der Waals surface area contributed by atoms with Crippen LogP contribution in [0.15, 0.2) is 54.6 Å². The van der Waals surface area contributed by atoms with E-state index < -0.39 is 29.6 Å². The number of nitrogens with two attached hydrogens (primary N) is 1. The highest BCUT2D eigenvalue weighted by molar-refractivity contribution is 5.67. The monoisotopic (exact) mass is 380 g/mol. The number of benzene rings is 3. The number of fused-ring (bicyclic) bond motifs is 1. The summed E-state index contributed by atoms with van der Waals surface area (Å²) in [5.74, 6) is -2.79. The Labute approximate surface area is 159 Å². The van der Waals surface area contributed by atoms with Crippen LogP contribution in [0.2, 0.25) is 0 Å². The third-order valence-electron chi connectivity index (χ3n) is 4.83. The molecular weight excluding hydrogens is 365 g/mol. The van der Waals surface area contributed by atoms with Crippen LogP contribution in [-0.2, 0) is 6.42 Å². The van der Waals surface area contributed by atoms with Crippen LogP contribution in [0.4, 0.5) is 13.2 Å². The van der Waals surface area contributed by atoms with E-state index in [9.17, 15) is 13.2 Å². The van der Waals surface area contributed by atoms with Gasteiger partial charge < -0.3 is 10.5 Å². The first-order chi connectivity index (χ1) is 13.5. The van der Waals surface area contributed by atoms with Gasteiger partial charge in [-0.2, -0.15) is 5.26 Å². The summed E-state index contributed by atoms with van der Waals surface area (Å²) in [5.41, 5.74) is 9.21. The molecule has 2 N–H and O–H groups in total. The number of rotatable bonds is 2. The number of hydrogen-bond acceptors (Lipinski definition) is 3. The van der Waals surface area contributed by atoms with Crippen molar-refractivity contribution in [2.75, 3.05) is 0 Å². The summed E-state index contributed by atoms with van der Waals surface area (Å²) in [6, 6.07) is 15.4. The lowest BCUT2D eigenvalue weighted by molar-refractivity contribution is 0.148. The van der Waals surface area contributed by atoms with Crippen molar-refractivity contribution in [3.8, 4) is 22.9 Å². The van der Waals surface area contributed by atoms with Gasteiger partial charge in [0.05, 0.1) is 17.7 Å². The average molecular weight is 380 g/mol. The molecule has 0 bridgehead atoms. The van der Waals surface area contributed by atoms with Crippen LogP contribution in [0, 0.1) is 28.8 Å². The Morgan fingerprint density at radius 3 is 2.46 bits per heavy atom. The SMILES string of the molecule is N#Cc1cccc(-c2ccc3c(c2)C[C@@H](N)[C@H](c2cc(F)c(F)cc2F)O3)c1. The van der Waals surface area contributed by atoms with Gasteiger partial charge in [-0.15, -0.1) is 0 Å². The van der Waals surface area contributed by atoms with Gasteiger partial charge in [-0.1, -0.05) is 18.2 Å². The zero-order valence-corrected chi connectivity index (χ0v) is 14.6. The third kappa shape index (κ3) is 3.21. The van der Waals surface area contributed by atoms with Crippen molar-refractivity contribution in [3.05, 3.63) is 88.7 Å². The summed E-state index contributed by atoms with van der Waals surface area (Å²) in [4.78, 5) is 0. The van der Waals surface area contributed by atoms with Crippen LogP contribution in [0.1, 0.15) is 22.8 Å². The van der Waals surface area contributed by atoms with Crippen molar-refractivity contribution < 1.29 is 17.9 Å². The number of ether oxygens (including phenoxy) is 1. The van der Waals surface area contributed by atoms with Crippen LogP contribution < -0.4 is 10.5 Å². The van der Waals surface area contributed by atoms with Crippen molar-refractivity contribution in [2.24, 2.45) is 5.73 Å². The summed E-state index contributed by atoms with van der Waals surface area (Å²) in [7, 11) is 0. The quantitative estimate of drug-likeness (QED) is 0.659. The highest BCUT2D eigenvalue weighted by Crippen LogP contribution is 2.38. The van der Waals surface area contributed by atoms with Gasteiger partial charge in [0, 0.05) is 11.6 Å². The van der Waals surface area contributed by atoms with Crippen molar-refractivity contribution >= 4 is 0 Å². The first kappa shape index (κ1) is 18.1. The molecule has 3 nitrogen and oxygen atoms in total. The highest BCUT2D eigenvalue weighted by Gasteiger charge is 2.31. The number of hydrogen-bond donors (Lipinski definition) is 1. The molecule has 0 aromatic heterocycles. The largest absolute Gasteiger partial charge is 0.484 e. The van der Waals surface area contributed by atoms with Gasteiger partial charge in [0.1, 0.15) is 17.7 Å². The summed E-state index contributed by atoms with van der Waals surface area (Å²) in [6.07, 6.45) is -0.542. The molecule has 4 rings (SSSR count). The molecule has 1 heterocycles. The Morgan fingerprint density at radius 1 is 0.929 bits per heavy atom. The molecular formula is C22H15F3N2O. The van der Waals surface area contributed by atoms with E-state index in [2.05, 4.69) is 6.07 Å². The van der Waals surface area contributed by atoms with Crippen LogP contribution in [0.3, 0.4) is 0 Å². The van der Waals surface area contributed by atoms with Gasteiger partial charge in [0.15, 0.2) is 11.6 Å². The molecule has 0 unspecified atom stereocenters. The number of halogens is 3. The molecule has 0 saturated carbocycles. The second-order valence-electron chi connectivity index (χ2n) is 6.71. The zero-order valence-electron chi connectivity index (χ0n) is 14.6. The molecule has 0 radical (unpaired) electrons. The van der Waals surface area contributed by atoms with E-state index in [0.717, 1.165) is 22.8 Å². The van der Waals surface area contributed by atoms with Gasteiger partial charge in [-0.25, -0.2) is 13.2 Å². The van der Waals surface area contributed by atoms with Gasteiger partial charge in [0.2, 0.25) is 0 Å². The van der Waals surface area contributed by atoms with E-state index in [4.69, 9.17) is 15.7 Å². The van der Waals surface area contributed by atoms with E-state index in [0.29, 0.717) is 23.8 Å². The van der Waals surface area contributed by atoms with E-state index in [1.165, 1.54) is 0 Å². The topological polar surface area (TPSA) is 59.0 Å². The maximum atomic E-state index is 14.2. The zero-order chi connectivity index (χ0) is 19.8. The molecule has 3 aromatic rings. The van der Waals surface area contributed by atoms with E-state index >= 15 is 0 Å². The minimum atomic E-state index is -1.25. The molecule has 28 heavy (non-hydrogen) atoms. The Balaban J connectivity index is 1.68. The molecule has 140 valence electrons. The van der Waals surface area contributed by atoms with Crippen molar-refractivity contribution in [2.45, 2.75) is 18.6 Å². The van der Waals surface area contributed by atoms with Crippen LogP contribution in [0.25, 0.3) is 11.1 Å². The maximum absolute atomic E-state index is 14.2. The second-order valence-corrected chi connectivity index (χ2v) is 6.71. The van der Waals surface area contributed by atoms with Gasteiger partial charge in [-0.05, 0) is 53.4 Å². The lowest BCUT2D eigenvalue weighted by Crippen LogP contribution is -2.38. The van der Waals surface area contributed by atoms with Crippen molar-refractivity contribution in [1.82, 2.24) is 0 Å². The minimum absolute atomic E-state index is 0.108. The smallest absolute Gasteiger partial charge is 0.161 e. The molecule has 6 heteroatoms. The molecule has 0 fully saturated rings. The molecule has 0 amide bonds. The predicted octanol–water partition coefficient (Wildman–Crippen LogP) is 4.65. The summed E-state index contributed by atoms with van der Waals surface area (Å²) >= 11 is 0. The Hall–Kier alpha value is -3.30. The Bertz CT molecular complexity index is 1110. The molecule has 1 aliphatic rings. The molecule has 3 aromatic carbocycles. The number of nitriles is 1. The van der Waals surface area contributed by atoms with Crippen LogP contribution >= 0.6 is 0 Å². The van der Waals surface area contributed by atoms with Crippen molar-refractivity contribution in [3.63, 3.8) is 0 Å². The summed E-state index contributed by atoms with van der Waals surface area (Å²) in [6.45, 7) is 0. The van der Waals surface area contributed by atoms with E-state index in [-0.39, 0.29) is 5.56 Å². The fourth-order valence-electron chi connectivity index (χ4n) is 3.44. The molecule has 2 atom stereocenters.